The molecule has 3 aromatic rings. The molecule has 4 rings (SSSR count). The van der Waals surface area contributed by atoms with Gasteiger partial charge in [-0.3, -0.25) is 4.79 Å². The third-order valence-corrected chi connectivity index (χ3v) is 7.19. The second-order valence-electron chi connectivity index (χ2n) is 7.64. The van der Waals surface area contributed by atoms with E-state index in [1.807, 2.05) is 50.2 Å². The van der Waals surface area contributed by atoms with Gasteiger partial charge >= 0.3 is 0 Å². The maximum atomic E-state index is 13.3. The Balaban J connectivity index is 1.63. The zero-order chi connectivity index (χ0) is 22.0. The second-order valence-corrected chi connectivity index (χ2v) is 9.50. The monoisotopic (exact) mass is 436 g/mol. The van der Waals surface area contributed by atoms with Crippen LogP contribution in [0, 0.1) is 6.92 Å². The van der Waals surface area contributed by atoms with E-state index in [1.54, 1.807) is 30.3 Å². The lowest BCUT2D eigenvalue weighted by Crippen LogP contribution is -2.38. The fourth-order valence-corrected chi connectivity index (χ4v) is 5.12. The number of aryl methyl sites for hydroxylation is 1. The lowest BCUT2D eigenvalue weighted by atomic mass is 9.94. The number of hydrogen-bond donors (Lipinski definition) is 0. The van der Waals surface area contributed by atoms with Crippen LogP contribution in [0.3, 0.4) is 0 Å². The van der Waals surface area contributed by atoms with Crippen LogP contribution in [0.4, 0.5) is 5.82 Å². The van der Waals surface area contributed by atoms with E-state index in [9.17, 15) is 13.2 Å². The largest absolute Gasteiger partial charge is 0.488 e. The number of benzene rings is 2. The van der Waals surface area contributed by atoms with Gasteiger partial charge in [0.1, 0.15) is 12.4 Å². The summed E-state index contributed by atoms with van der Waals surface area (Å²) in [5, 5.41) is 0. The van der Waals surface area contributed by atoms with Crippen molar-refractivity contribution in [3.05, 3.63) is 83.6 Å². The normalized spacial score (nSPS) is 14.5. The summed E-state index contributed by atoms with van der Waals surface area (Å²) >= 11 is 0. The average Bonchev–Trinajstić information content (AvgIpc) is 2.78. The van der Waals surface area contributed by atoms with E-state index in [-0.39, 0.29) is 42.0 Å². The van der Waals surface area contributed by atoms with E-state index in [2.05, 4.69) is 4.98 Å². The molecule has 0 radical (unpaired) electrons. The van der Waals surface area contributed by atoms with Gasteiger partial charge in [0.25, 0.3) is 10.0 Å². The SMILES string of the molecule is Cc1cccc(S(=O)(=O)N2CCOc3ccc(CC(=O)C(C)c4ccccc4)nc32)c1. The van der Waals surface area contributed by atoms with E-state index in [1.165, 1.54) is 4.31 Å². The van der Waals surface area contributed by atoms with Crippen molar-refractivity contribution in [2.45, 2.75) is 31.1 Å². The van der Waals surface area contributed by atoms with Crippen LogP contribution >= 0.6 is 0 Å². The summed E-state index contributed by atoms with van der Waals surface area (Å²) in [5.41, 5.74) is 2.32. The summed E-state index contributed by atoms with van der Waals surface area (Å²) in [5.74, 6) is 0.367. The number of rotatable bonds is 6. The minimum atomic E-state index is -3.80. The smallest absolute Gasteiger partial charge is 0.265 e. The molecule has 0 spiro atoms. The molecule has 7 heteroatoms. The molecule has 1 aliphatic rings. The molecule has 160 valence electrons. The summed E-state index contributed by atoms with van der Waals surface area (Å²) in [6.45, 7) is 4.12. The maximum Gasteiger partial charge on any atom is 0.265 e. The molecule has 2 aromatic carbocycles. The lowest BCUT2D eigenvalue weighted by molar-refractivity contribution is -0.119. The molecule has 31 heavy (non-hydrogen) atoms. The van der Waals surface area contributed by atoms with Crippen LogP contribution in [0.2, 0.25) is 0 Å². The minimum Gasteiger partial charge on any atom is -0.488 e. The first-order valence-electron chi connectivity index (χ1n) is 10.2. The van der Waals surface area contributed by atoms with Gasteiger partial charge in [-0.15, -0.1) is 0 Å². The van der Waals surface area contributed by atoms with Gasteiger partial charge in [-0.25, -0.2) is 17.7 Å². The fourth-order valence-electron chi connectivity index (χ4n) is 3.61. The van der Waals surface area contributed by atoms with E-state index in [0.717, 1.165) is 11.1 Å². The molecule has 0 fully saturated rings. The van der Waals surface area contributed by atoms with E-state index < -0.39 is 10.0 Å². The Labute approximate surface area is 182 Å². The summed E-state index contributed by atoms with van der Waals surface area (Å²) in [6.07, 6.45) is 0.113. The van der Waals surface area contributed by atoms with Crippen molar-refractivity contribution in [3.8, 4) is 5.75 Å². The van der Waals surface area contributed by atoms with Gasteiger partial charge in [-0.2, -0.15) is 0 Å². The minimum absolute atomic E-state index is 0.0171. The lowest BCUT2D eigenvalue weighted by Gasteiger charge is -2.29. The molecule has 0 bridgehead atoms. The van der Waals surface area contributed by atoms with Crippen LogP contribution in [0.15, 0.2) is 71.6 Å². The highest BCUT2D eigenvalue weighted by atomic mass is 32.2. The number of carbonyl (C=O) groups is 1. The molecule has 1 aromatic heterocycles. The zero-order valence-electron chi connectivity index (χ0n) is 17.5. The molecule has 0 saturated carbocycles. The molecule has 1 unspecified atom stereocenters. The molecule has 0 aliphatic carbocycles. The topological polar surface area (TPSA) is 76.6 Å². The van der Waals surface area contributed by atoms with Crippen molar-refractivity contribution in [3.63, 3.8) is 0 Å². The molecule has 0 amide bonds. The molecule has 6 nitrogen and oxygen atoms in total. The van der Waals surface area contributed by atoms with E-state index in [0.29, 0.717) is 11.4 Å². The van der Waals surface area contributed by atoms with Crippen molar-refractivity contribution < 1.29 is 17.9 Å². The van der Waals surface area contributed by atoms with Crippen molar-refractivity contribution in [1.29, 1.82) is 0 Å². The molecule has 1 aliphatic heterocycles. The number of ketones is 1. The second kappa shape index (κ2) is 8.51. The molecule has 0 N–H and O–H groups in total. The Kier molecular flexibility index (Phi) is 5.78. The summed E-state index contributed by atoms with van der Waals surface area (Å²) in [4.78, 5) is 17.6. The number of pyridine rings is 1. The third kappa shape index (κ3) is 4.32. The highest BCUT2D eigenvalue weighted by Crippen LogP contribution is 2.34. The van der Waals surface area contributed by atoms with Crippen LogP contribution in [-0.2, 0) is 21.2 Å². The number of fused-ring (bicyclic) bond motifs is 1. The van der Waals surface area contributed by atoms with Crippen molar-refractivity contribution >= 4 is 21.6 Å². The van der Waals surface area contributed by atoms with E-state index in [4.69, 9.17) is 4.74 Å². The zero-order valence-corrected chi connectivity index (χ0v) is 18.3. The molecule has 1 atom stereocenters. The molecule has 2 heterocycles. The predicted molar refractivity (Wildman–Crippen MR) is 119 cm³/mol. The Hall–Kier alpha value is -3.19. The fraction of sp³-hybridized carbons (Fsp3) is 0.250. The predicted octanol–water partition coefficient (Wildman–Crippen LogP) is 3.89. The Bertz CT molecular complexity index is 1210. The summed E-state index contributed by atoms with van der Waals surface area (Å²) in [7, 11) is -3.80. The first-order valence-corrected chi connectivity index (χ1v) is 11.6. The van der Waals surface area contributed by atoms with Gasteiger partial charge in [0.15, 0.2) is 11.6 Å². The summed E-state index contributed by atoms with van der Waals surface area (Å²) < 4.78 is 33.5. The van der Waals surface area contributed by atoms with Crippen LogP contribution in [0.5, 0.6) is 5.75 Å². The molecule has 0 saturated heterocycles. The number of ether oxygens (including phenoxy) is 1. The third-order valence-electron chi connectivity index (χ3n) is 5.40. The van der Waals surface area contributed by atoms with Crippen LogP contribution in [-0.4, -0.2) is 32.3 Å². The average molecular weight is 437 g/mol. The van der Waals surface area contributed by atoms with Gasteiger partial charge < -0.3 is 4.74 Å². The van der Waals surface area contributed by atoms with E-state index >= 15 is 0 Å². The van der Waals surface area contributed by atoms with Gasteiger partial charge in [-0.05, 0) is 42.3 Å². The number of anilines is 1. The quantitative estimate of drug-likeness (QED) is 0.586. The number of aromatic nitrogens is 1. The highest BCUT2D eigenvalue weighted by Gasteiger charge is 2.32. The maximum absolute atomic E-state index is 13.3. The number of hydrogen-bond acceptors (Lipinski definition) is 5. The van der Waals surface area contributed by atoms with Crippen LogP contribution in [0.25, 0.3) is 0 Å². The van der Waals surface area contributed by atoms with Gasteiger partial charge in [0.2, 0.25) is 0 Å². The number of carbonyl (C=O) groups excluding carboxylic acids is 1. The first kappa shape index (κ1) is 21.1. The molecular weight excluding hydrogens is 412 g/mol. The van der Waals surface area contributed by atoms with Crippen molar-refractivity contribution in [2.24, 2.45) is 0 Å². The van der Waals surface area contributed by atoms with Gasteiger partial charge in [0.05, 0.1) is 17.1 Å². The van der Waals surface area contributed by atoms with Gasteiger partial charge in [0, 0.05) is 12.3 Å². The summed E-state index contributed by atoms with van der Waals surface area (Å²) in [6, 6.07) is 19.8. The Morgan fingerprint density at radius 3 is 2.61 bits per heavy atom. The highest BCUT2D eigenvalue weighted by molar-refractivity contribution is 7.92. The number of sulfonamides is 1. The van der Waals surface area contributed by atoms with Crippen molar-refractivity contribution in [1.82, 2.24) is 4.98 Å². The Morgan fingerprint density at radius 1 is 1.10 bits per heavy atom. The number of Topliss-reactive ketones (excluding diaryl/α,β-unsaturated/α-hetero) is 1. The Morgan fingerprint density at radius 2 is 1.87 bits per heavy atom. The molecular formula is C24H24N2O4S. The van der Waals surface area contributed by atoms with Crippen LogP contribution in [0.1, 0.15) is 29.7 Å². The standard InChI is InChI=1S/C24H24N2O4S/c1-17-7-6-10-21(15-17)31(28,29)26-13-14-30-23-12-11-20(25-24(23)26)16-22(27)18(2)19-8-4-3-5-9-19/h3-12,15,18H,13-14,16H2,1-2H3. The van der Waals surface area contributed by atoms with Gasteiger partial charge in [-0.1, -0.05) is 49.4 Å². The van der Waals surface area contributed by atoms with Crippen molar-refractivity contribution in [2.75, 3.05) is 17.5 Å². The number of nitrogens with zero attached hydrogens (tertiary/aromatic N) is 2. The van der Waals surface area contributed by atoms with Crippen LogP contribution < -0.4 is 9.04 Å². The first-order chi connectivity index (χ1) is 14.9.